The predicted octanol–water partition coefficient (Wildman–Crippen LogP) is 2.41. The molecule has 128 valence electrons. The summed E-state index contributed by atoms with van der Waals surface area (Å²) in [4.78, 5) is 24.5. The van der Waals surface area contributed by atoms with Crippen molar-refractivity contribution in [2.45, 2.75) is 17.4 Å². The van der Waals surface area contributed by atoms with Crippen molar-refractivity contribution in [3.63, 3.8) is 0 Å². The van der Waals surface area contributed by atoms with Crippen LogP contribution in [0.4, 0.5) is 0 Å². The standard InChI is InChI=1S/C16H16ClNO4S2/c1-22-16(20)14(8-11-6-7-23-9-11)18-15(19)10-24(21)13-4-2-12(17)3-5-13/h2-7,9,14H,8,10H2,1H3,(H,18,19). The van der Waals surface area contributed by atoms with E-state index in [1.165, 1.54) is 18.4 Å². The van der Waals surface area contributed by atoms with Crippen LogP contribution in [0.5, 0.6) is 0 Å². The molecular weight excluding hydrogens is 370 g/mol. The highest BCUT2D eigenvalue weighted by Gasteiger charge is 2.23. The lowest BCUT2D eigenvalue weighted by atomic mass is 10.1. The van der Waals surface area contributed by atoms with Crippen LogP contribution in [0.15, 0.2) is 46.0 Å². The molecule has 0 fully saturated rings. The van der Waals surface area contributed by atoms with Gasteiger partial charge in [-0.15, -0.1) is 0 Å². The van der Waals surface area contributed by atoms with Crippen molar-refractivity contribution >= 4 is 45.6 Å². The molecule has 1 N–H and O–H groups in total. The zero-order valence-electron chi connectivity index (χ0n) is 12.9. The highest BCUT2D eigenvalue weighted by Crippen LogP contribution is 2.13. The highest BCUT2D eigenvalue weighted by molar-refractivity contribution is 7.85. The molecule has 0 saturated carbocycles. The first-order chi connectivity index (χ1) is 11.5. The molecule has 0 aliphatic rings. The first-order valence-electron chi connectivity index (χ1n) is 7.02. The fraction of sp³-hybridized carbons (Fsp3) is 0.250. The molecule has 2 rings (SSSR count). The van der Waals surface area contributed by atoms with E-state index in [1.54, 1.807) is 24.3 Å². The van der Waals surface area contributed by atoms with Crippen LogP contribution in [0.3, 0.4) is 0 Å². The van der Waals surface area contributed by atoms with Crippen LogP contribution >= 0.6 is 22.9 Å². The molecule has 0 spiro atoms. The van der Waals surface area contributed by atoms with E-state index in [1.807, 2.05) is 16.8 Å². The largest absolute Gasteiger partial charge is 0.467 e. The Hall–Kier alpha value is -1.70. The Bertz CT molecular complexity index is 716. The number of esters is 1. The van der Waals surface area contributed by atoms with Crippen molar-refractivity contribution in [2.75, 3.05) is 12.9 Å². The maximum atomic E-state index is 12.2. The van der Waals surface area contributed by atoms with Gasteiger partial charge in [0.15, 0.2) is 0 Å². The normalized spacial score (nSPS) is 13.1. The third-order valence-corrected chi connectivity index (χ3v) is 5.49. The molecule has 1 aromatic carbocycles. The second kappa shape index (κ2) is 8.96. The number of ether oxygens (including phenoxy) is 1. The van der Waals surface area contributed by atoms with Crippen LogP contribution in [-0.4, -0.2) is 35.0 Å². The Morgan fingerprint density at radius 3 is 2.58 bits per heavy atom. The average molecular weight is 386 g/mol. The Balaban J connectivity index is 1.97. The maximum absolute atomic E-state index is 12.2. The summed E-state index contributed by atoms with van der Waals surface area (Å²) in [5.74, 6) is -1.25. The van der Waals surface area contributed by atoms with Gasteiger partial charge in [-0.25, -0.2) is 4.79 Å². The first kappa shape index (κ1) is 18.6. The third-order valence-electron chi connectivity index (χ3n) is 3.18. The summed E-state index contributed by atoms with van der Waals surface area (Å²) in [6.45, 7) is 0. The quantitative estimate of drug-likeness (QED) is 0.743. The minimum absolute atomic E-state index is 0.237. The number of methoxy groups -OCH3 is 1. The lowest BCUT2D eigenvalue weighted by Gasteiger charge is -2.16. The molecule has 2 aromatic rings. The van der Waals surface area contributed by atoms with Gasteiger partial charge < -0.3 is 10.1 Å². The zero-order valence-corrected chi connectivity index (χ0v) is 15.2. The van der Waals surface area contributed by atoms with Crippen molar-refractivity contribution in [3.8, 4) is 0 Å². The predicted molar refractivity (Wildman–Crippen MR) is 94.7 cm³/mol. The number of hydrogen-bond donors (Lipinski definition) is 1. The van der Waals surface area contributed by atoms with E-state index < -0.39 is 28.7 Å². The molecule has 0 bridgehead atoms. The molecular formula is C16H16ClNO4S2. The SMILES string of the molecule is COC(=O)C(Cc1ccsc1)NC(=O)CS(=O)c1ccc(Cl)cc1. The molecule has 2 atom stereocenters. The van der Waals surface area contributed by atoms with Gasteiger partial charge in [-0.1, -0.05) is 11.6 Å². The van der Waals surface area contributed by atoms with Gasteiger partial charge in [0.1, 0.15) is 11.8 Å². The number of benzene rings is 1. The van der Waals surface area contributed by atoms with Crippen molar-refractivity contribution in [3.05, 3.63) is 51.7 Å². The maximum Gasteiger partial charge on any atom is 0.328 e. The van der Waals surface area contributed by atoms with E-state index in [9.17, 15) is 13.8 Å². The van der Waals surface area contributed by atoms with Crippen molar-refractivity contribution in [2.24, 2.45) is 0 Å². The van der Waals surface area contributed by atoms with Crippen LogP contribution < -0.4 is 5.32 Å². The van der Waals surface area contributed by atoms with Crippen molar-refractivity contribution in [1.29, 1.82) is 0 Å². The van der Waals surface area contributed by atoms with E-state index in [0.29, 0.717) is 16.3 Å². The number of carbonyl (C=O) groups excluding carboxylic acids is 2. The summed E-state index contributed by atoms with van der Waals surface area (Å²) in [6.07, 6.45) is 0.329. The fourth-order valence-corrected chi connectivity index (χ4v) is 3.74. The van der Waals surface area contributed by atoms with Gasteiger partial charge in [-0.3, -0.25) is 9.00 Å². The molecule has 0 radical (unpaired) electrons. The second-order valence-electron chi connectivity index (χ2n) is 4.92. The van der Waals surface area contributed by atoms with Gasteiger partial charge in [0.05, 0.1) is 17.9 Å². The smallest absolute Gasteiger partial charge is 0.328 e. The topological polar surface area (TPSA) is 72.5 Å². The summed E-state index contributed by atoms with van der Waals surface area (Å²) in [7, 11) is -0.248. The summed E-state index contributed by atoms with van der Waals surface area (Å²) in [6, 6.07) is 7.50. The van der Waals surface area contributed by atoms with Crippen LogP contribution in [0.2, 0.25) is 5.02 Å². The Labute approximate surface area is 151 Å². The van der Waals surface area contributed by atoms with E-state index in [4.69, 9.17) is 16.3 Å². The lowest BCUT2D eigenvalue weighted by molar-refractivity contribution is -0.144. The minimum atomic E-state index is -1.51. The van der Waals surface area contributed by atoms with Gasteiger partial charge in [0, 0.05) is 16.3 Å². The fourth-order valence-electron chi connectivity index (χ4n) is 2.00. The van der Waals surface area contributed by atoms with E-state index >= 15 is 0 Å². The van der Waals surface area contributed by atoms with Gasteiger partial charge in [0.2, 0.25) is 5.91 Å². The molecule has 2 unspecified atom stereocenters. The lowest BCUT2D eigenvalue weighted by Crippen LogP contribution is -2.44. The minimum Gasteiger partial charge on any atom is -0.467 e. The van der Waals surface area contributed by atoms with E-state index in [2.05, 4.69) is 5.32 Å². The van der Waals surface area contributed by atoms with Crippen molar-refractivity contribution in [1.82, 2.24) is 5.32 Å². The Morgan fingerprint density at radius 1 is 1.29 bits per heavy atom. The molecule has 24 heavy (non-hydrogen) atoms. The summed E-state index contributed by atoms with van der Waals surface area (Å²) in [5, 5.41) is 6.91. The summed E-state index contributed by atoms with van der Waals surface area (Å²) < 4.78 is 16.9. The second-order valence-corrected chi connectivity index (χ2v) is 7.59. The number of carbonyl (C=O) groups is 2. The number of thiophene rings is 1. The first-order valence-corrected chi connectivity index (χ1v) is 9.65. The van der Waals surface area contributed by atoms with Crippen LogP contribution in [0.1, 0.15) is 5.56 Å². The third kappa shape index (κ3) is 5.43. The van der Waals surface area contributed by atoms with Gasteiger partial charge >= 0.3 is 5.97 Å². The molecule has 1 heterocycles. The van der Waals surface area contributed by atoms with Crippen LogP contribution in [-0.2, 0) is 31.5 Å². The average Bonchev–Trinajstić information content (AvgIpc) is 3.07. The Kier molecular flexibility index (Phi) is 6.96. The van der Waals surface area contributed by atoms with Crippen LogP contribution in [0, 0.1) is 0 Å². The highest BCUT2D eigenvalue weighted by atomic mass is 35.5. The summed E-state index contributed by atoms with van der Waals surface area (Å²) >= 11 is 7.29. The molecule has 1 amide bonds. The number of nitrogens with one attached hydrogen (secondary N) is 1. The van der Waals surface area contributed by atoms with E-state index in [0.717, 1.165) is 5.56 Å². The molecule has 8 heteroatoms. The number of halogens is 1. The molecule has 0 saturated heterocycles. The van der Waals surface area contributed by atoms with Crippen molar-refractivity contribution < 1.29 is 18.5 Å². The number of hydrogen-bond acceptors (Lipinski definition) is 5. The zero-order chi connectivity index (χ0) is 17.5. The molecule has 1 aromatic heterocycles. The number of amides is 1. The molecule has 0 aliphatic heterocycles. The van der Waals surface area contributed by atoms with Gasteiger partial charge in [0.25, 0.3) is 0 Å². The number of rotatable bonds is 7. The monoisotopic (exact) mass is 385 g/mol. The van der Waals surface area contributed by atoms with Gasteiger partial charge in [-0.2, -0.15) is 11.3 Å². The molecule has 5 nitrogen and oxygen atoms in total. The van der Waals surface area contributed by atoms with Gasteiger partial charge in [-0.05, 0) is 46.7 Å². The summed E-state index contributed by atoms with van der Waals surface area (Å²) in [5.41, 5.74) is 0.925. The Morgan fingerprint density at radius 2 is 2.00 bits per heavy atom. The molecule has 0 aliphatic carbocycles. The van der Waals surface area contributed by atoms with Crippen LogP contribution in [0.25, 0.3) is 0 Å². The van der Waals surface area contributed by atoms with E-state index in [-0.39, 0.29) is 5.75 Å².